The van der Waals surface area contributed by atoms with Gasteiger partial charge in [-0.1, -0.05) is 107 Å². The molecule has 5 amide bonds. The van der Waals surface area contributed by atoms with E-state index in [0.717, 1.165) is 44.4 Å². The Morgan fingerprint density at radius 2 is 1.41 bits per heavy atom. The van der Waals surface area contributed by atoms with Crippen LogP contribution in [0.2, 0.25) is 0 Å². The van der Waals surface area contributed by atoms with Crippen molar-refractivity contribution in [2.45, 2.75) is 195 Å². The van der Waals surface area contributed by atoms with E-state index in [2.05, 4.69) is 56.3 Å². The Labute approximate surface area is 315 Å². The fourth-order valence-electron chi connectivity index (χ4n) is 5.44. The van der Waals surface area contributed by atoms with Crippen LogP contribution < -0.4 is 21.7 Å². The number of carbonyl (C=O) groups is 5. The topological polar surface area (TPSA) is 168 Å². The minimum atomic E-state index is -1.09. The first-order valence-electron chi connectivity index (χ1n) is 19.8. The molecule has 5 N–H and O–H groups in total. The number of Topliss-reactive ketones (excluding diaryl/α,β-unsaturated/α-hetero) is 1. The molecule has 1 heterocycles. The maximum absolute atomic E-state index is 13.0. The number of likely N-dealkylation sites (tertiary alicyclic amines) is 1. The van der Waals surface area contributed by atoms with Gasteiger partial charge in [0.2, 0.25) is 18.2 Å². The van der Waals surface area contributed by atoms with Gasteiger partial charge in [-0.15, -0.1) is 0 Å². The highest BCUT2D eigenvalue weighted by Crippen LogP contribution is 2.31. The second-order valence-corrected chi connectivity index (χ2v) is 16.7. The third-order valence-corrected chi connectivity index (χ3v) is 10.9. The minimum absolute atomic E-state index is 0.0575. The van der Waals surface area contributed by atoms with E-state index in [4.69, 9.17) is 4.79 Å². The molecule has 3 aliphatic rings. The van der Waals surface area contributed by atoms with Crippen molar-refractivity contribution in [3.63, 3.8) is 0 Å². The molecule has 0 aromatic carbocycles. The van der Waals surface area contributed by atoms with Crippen LogP contribution in [-0.4, -0.2) is 80.4 Å². The number of nitrogens with two attached hydrogens (primary N) is 1. The average molecular weight is 746 g/mol. The zero-order valence-corrected chi connectivity index (χ0v) is 35.6. The van der Waals surface area contributed by atoms with Gasteiger partial charge < -0.3 is 26.6 Å². The predicted octanol–water partition coefficient (Wildman–Crippen LogP) is 7.02. The number of rotatable bonds is 10. The van der Waals surface area contributed by atoms with Gasteiger partial charge in [0, 0.05) is 28.1 Å². The van der Waals surface area contributed by atoms with Crippen LogP contribution in [0.3, 0.4) is 0 Å². The lowest BCUT2D eigenvalue weighted by Crippen LogP contribution is -2.55. The largest absolute Gasteiger partial charge is 0.372 e. The molecule has 1 saturated heterocycles. The fraction of sp³-hybridized carbons (Fsp3) is 0.872. The molecule has 0 bridgehead atoms. The first kappa shape index (κ1) is 52.9. The Morgan fingerprint density at radius 3 is 1.84 bits per heavy atom. The van der Waals surface area contributed by atoms with Gasteiger partial charge >= 0.3 is 6.03 Å². The van der Waals surface area contributed by atoms with Crippen LogP contribution in [0.15, 0.2) is 0 Å². The SMILES string of the molecule is CC.CC.CC(=O)C(CC1CCC1)NC(=O)C1CCCN1C(=O)CNC(=O)NC1CCCCC1S(=O)C(C)(C)C.CCC.CCC(C)C.NC=O. The molecule has 11 nitrogen and oxygen atoms in total. The molecule has 12 heteroatoms. The molecular weight excluding hydrogens is 667 g/mol. The van der Waals surface area contributed by atoms with Gasteiger partial charge in [-0.2, -0.15) is 0 Å². The van der Waals surface area contributed by atoms with Crippen molar-refractivity contribution >= 4 is 40.8 Å². The van der Waals surface area contributed by atoms with Gasteiger partial charge in [0.15, 0.2) is 5.78 Å². The molecule has 302 valence electrons. The molecular formula is C39H79N5O6S. The zero-order chi connectivity index (χ0) is 40.2. The second-order valence-electron chi connectivity index (χ2n) is 14.3. The van der Waals surface area contributed by atoms with E-state index in [0.29, 0.717) is 31.7 Å². The molecule has 3 rings (SSSR count). The van der Waals surface area contributed by atoms with E-state index in [1.54, 1.807) is 0 Å². The summed E-state index contributed by atoms with van der Waals surface area (Å²) in [4.78, 5) is 60.6. The summed E-state index contributed by atoms with van der Waals surface area (Å²) in [7, 11) is -1.09. The maximum atomic E-state index is 13.0. The van der Waals surface area contributed by atoms with Crippen LogP contribution in [0.4, 0.5) is 4.79 Å². The third kappa shape index (κ3) is 22.9. The highest BCUT2D eigenvalue weighted by molar-refractivity contribution is 7.87. The maximum Gasteiger partial charge on any atom is 0.315 e. The van der Waals surface area contributed by atoms with Gasteiger partial charge in [0.1, 0.15) is 6.04 Å². The lowest BCUT2D eigenvalue weighted by molar-refractivity contribution is -0.138. The van der Waals surface area contributed by atoms with E-state index < -0.39 is 28.9 Å². The second kappa shape index (κ2) is 31.1. The van der Waals surface area contributed by atoms with Crippen molar-refractivity contribution in [2.75, 3.05) is 13.1 Å². The summed E-state index contributed by atoms with van der Waals surface area (Å²) in [5.41, 5.74) is 4.17. The molecule has 0 aromatic rings. The summed E-state index contributed by atoms with van der Waals surface area (Å²) in [6.45, 7) is 26.5. The lowest BCUT2D eigenvalue weighted by atomic mass is 9.80. The summed E-state index contributed by atoms with van der Waals surface area (Å²) in [6.07, 6.45) is 11.6. The van der Waals surface area contributed by atoms with Crippen LogP contribution in [0.1, 0.15) is 167 Å². The van der Waals surface area contributed by atoms with E-state index in [-0.39, 0.29) is 46.6 Å². The molecule has 2 saturated carbocycles. The molecule has 0 radical (unpaired) electrons. The first-order valence-corrected chi connectivity index (χ1v) is 21.0. The fourth-order valence-corrected chi connectivity index (χ4v) is 7.23. The molecule has 1 aliphatic heterocycles. The van der Waals surface area contributed by atoms with Gasteiger partial charge in [-0.3, -0.25) is 23.4 Å². The number of nitrogens with one attached hydrogen (secondary N) is 3. The lowest BCUT2D eigenvalue weighted by Gasteiger charge is -2.35. The smallest absolute Gasteiger partial charge is 0.315 e. The van der Waals surface area contributed by atoms with Crippen molar-refractivity contribution in [2.24, 2.45) is 17.6 Å². The van der Waals surface area contributed by atoms with Gasteiger partial charge in [-0.05, 0) is 71.6 Å². The predicted molar refractivity (Wildman–Crippen MR) is 214 cm³/mol. The first-order chi connectivity index (χ1) is 24.1. The Balaban J connectivity index is -0.00000132. The average Bonchev–Trinajstić information content (AvgIpc) is 3.57. The normalized spacial score (nSPS) is 20.4. The van der Waals surface area contributed by atoms with Crippen LogP contribution >= 0.6 is 0 Å². The molecule has 51 heavy (non-hydrogen) atoms. The monoisotopic (exact) mass is 746 g/mol. The van der Waals surface area contributed by atoms with Gasteiger partial charge in [-0.25, -0.2) is 4.79 Å². The zero-order valence-electron chi connectivity index (χ0n) is 34.8. The summed E-state index contributed by atoms with van der Waals surface area (Å²) < 4.78 is 12.6. The van der Waals surface area contributed by atoms with E-state index in [9.17, 15) is 23.4 Å². The number of hydrogen-bond donors (Lipinski definition) is 4. The molecule has 5 unspecified atom stereocenters. The van der Waals surface area contributed by atoms with E-state index >= 15 is 0 Å². The van der Waals surface area contributed by atoms with Crippen LogP contribution in [0, 0.1) is 11.8 Å². The molecule has 0 aromatic heterocycles. The number of ketones is 1. The van der Waals surface area contributed by atoms with E-state index in [1.807, 2.05) is 48.5 Å². The van der Waals surface area contributed by atoms with Crippen LogP contribution in [0.5, 0.6) is 0 Å². The molecule has 0 spiro atoms. The highest BCUT2D eigenvalue weighted by Gasteiger charge is 2.38. The Hall–Kier alpha value is -2.50. The highest BCUT2D eigenvalue weighted by atomic mass is 32.2. The number of nitrogens with zero attached hydrogens (tertiary/aromatic N) is 1. The Morgan fingerprint density at radius 1 is 0.902 bits per heavy atom. The van der Waals surface area contributed by atoms with Crippen molar-refractivity contribution < 1.29 is 28.2 Å². The van der Waals surface area contributed by atoms with Crippen molar-refractivity contribution in [3.8, 4) is 0 Å². The van der Waals surface area contributed by atoms with Crippen LogP contribution in [-0.2, 0) is 30.0 Å². The van der Waals surface area contributed by atoms with Crippen LogP contribution in [0.25, 0.3) is 0 Å². The number of amides is 5. The number of primary amides is 1. The molecule has 3 fully saturated rings. The quantitative estimate of drug-likeness (QED) is 0.175. The standard InChI is InChI=1S/C26H44N4O5S.C5H12.C3H8.2C2H6.CH3NO/c1-17(31)20(15-18-9-7-10-18)28-24(33)21-12-8-14-30(21)23(32)16-27-25(34)29-19-11-5-6-13-22(19)36(35)26(2,3)4;1-4-5(2)3;1-3-2;2*1-2;2-1-3/h18-22H,5-16H2,1-4H3,(H,28,33)(H2,27,29,34);5H,4H2,1-3H3;3H2,1-2H3;2*1-2H3;1H,(H2,2,3). The Bertz CT molecular complexity index is 984. The Kier molecular flexibility index (Phi) is 32.2. The molecule has 2 aliphatic carbocycles. The summed E-state index contributed by atoms with van der Waals surface area (Å²) in [5, 5.41) is 8.35. The van der Waals surface area contributed by atoms with Gasteiger partial charge in [0.25, 0.3) is 0 Å². The summed E-state index contributed by atoms with van der Waals surface area (Å²) in [6, 6.07) is -1.78. The third-order valence-electron chi connectivity index (χ3n) is 8.59. The number of carbonyl (C=O) groups excluding carboxylic acids is 5. The van der Waals surface area contributed by atoms with Gasteiger partial charge in [0.05, 0.1) is 17.8 Å². The van der Waals surface area contributed by atoms with Crippen molar-refractivity contribution in [1.82, 2.24) is 20.9 Å². The number of urea groups is 1. The van der Waals surface area contributed by atoms with Crippen molar-refractivity contribution in [1.29, 1.82) is 0 Å². The minimum Gasteiger partial charge on any atom is -0.372 e. The van der Waals surface area contributed by atoms with Crippen molar-refractivity contribution in [3.05, 3.63) is 0 Å². The number of hydrogen-bond acceptors (Lipinski definition) is 6. The van der Waals surface area contributed by atoms with E-state index in [1.165, 1.54) is 31.1 Å². The summed E-state index contributed by atoms with van der Waals surface area (Å²) in [5.74, 6) is 0.694. The molecule has 5 atom stereocenters. The summed E-state index contributed by atoms with van der Waals surface area (Å²) >= 11 is 0.